The van der Waals surface area contributed by atoms with E-state index in [1.165, 1.54) is 36.4 Å². The van der Waals surface area contributed by atoms with E-state index in [0.29, 0.717) is 0 Å². The van der Waals surface area contributed by atoms with Crippen molar-refractivity contribution in [2.45, 2.75) is 6.18 Å². The summed E-state index contributed by atoms with van der Waals surface area (Å²) in [5.74, 6) is -0.451. The van der Waals surface area contributed by atoms with Gasteiger partial charge in [0.15, 0.2) is 5.76 Å². The van der Waals surface area contributed by atoms with Crippen LogP contribution in [0.5, 0.6) is 0 Å². The molecule has 0 aliphatic rings. The average molecular weight is 416 g/mol. The van der Waals surface area contributed by atoms with Crippen LogP contribution in [0, 0.1) is 3.57 Å². The molecule has 0 aliphatic carbocycles. The molecular weight excluding hydrogens is 408 g/mol. The summed E-state index contributed by atoms with van der Waals surface area (Å²) in [6, 6.07) is 11.9. The molecule has 0 unspecified atom stereocenters. The molecule has 0 spiro atoms. The Morgan fingerprint density at radius 3 is 2.09 bits per heavy atom. The van der Waals surface area contributed by atoms with E-state index in [0.717, 1.165) is 3.57 Å². The maximum absolute atomic E-state index is 13.5. The highest BCUT2D eigenvalue weighted by molar-refractivity contribution is 14.1. The first-order valence-corrected chi connectivity index (χ1v) is 7.35. The number of hydrogen-bond acceptors (Lipinski definition) is 2. The first kappa shape index (κ1) is 15.1. The highest BCUT2D eigenvalue weighted by Crippen LogP contribution is 2.40. The molecule has 112 valence electrons. The monoisotopic (exact) mass is 416 g/mol. The summed E-state index contributed by atoms with van der Waals surface area (Å²) in [5, 5.41) is -0.233. The van der Waals surface area contributed by atoms with Gasteiger partial charge in [-0.15, -0.1) is 0 Å². The van der Waals surface area contributed by atoms with Crippen molar-refractivity contribution in [2.24, 2.45) is 0 Å². The van der Waals surface area contributed by atoms with Gasteiger partial charge in [0, 0.05) is 14.5 Å². The summed E-state index contributed by atoms with van der Waals surface area (Å²) >= 11 is 2.05. The van der Waals surface area contributed by atoms with Crippen molar-refractivity contribution in [3.8, 4) is 11.3 Å². The number of benzene rings is 2. The molecule has 0 atom stereocenters. The Morgan fingerprint density at radius 2 is 1.50 bits per heavy atom. The average Bonchev–Trinajstić information content (AvgIpc) is 2.46. The van der Waals surface area contributed by atoms with Crippen molar-refractivity contribution in [3.63, 3.8) is 0 Å². The van der Waals surface area contributed by atoms with Crippen LogP contribution in [0.4, 0.5) is 13.2 Å². The molecule has 0 amide bonds. The van der Waals surface area contributed by atoms with Gasteiger partial charge in [0.2, 0.25) is 0 Å². The summed E-state index contributed by atoms with van der Waals surface area (Å²) in [6.07, 6.45) is -4.63. The summed E-state index contributed by atoms with van der Waals surface area (Å²) in [5.41, 5.74) is -1.49. The molecule has 0 radical (unpaired) electrons. The zero-order valence-corrected chi connectivity index (χ0v) is 13.1. The number of alkyl halides is 3. The van der Waals surface area contributed by atoms with Gasteiger partial charge in [-0.1, -0.05) is 30.3 Å². The Labute approximate surface area is 136 Å². The van der Waals surface area contributed by atoms with Crippen LogP contribution >= 0.6 is 22.6 Å². The lowest BCUT2D eigenvalue weighted by atomic mass is 10.0. The van der Waals surface area contributed by atoms with Crippen molar-refractivity contribution in [2.75, 3.05) is 0 Å². The third kappa shape index (κ3) is 2.63. The van der Waals surface area contributed by atoms with E-state index in [1.54, 1.807) is 12.1 Å². The molecule has 0 N–H and O–H groups in total. The Hall–Kier alpha value is -1.83. The van der Waals surface area contributed by atoms with Crippen molar-refractivity contribution in [1.29, 1.82) is 0 Å². The van der Waals surface area contributed by atoms with Crippen molar-refractivity contribution in [1.82, 2.24) is 0 Å². The number of halogens is 4. The molecule has 1 heterocycles. The van der Waals surface area contributed by atoms with Gasteiger partial charge in [-0.2, -0.15) is 13.2 Å². The molecule has 2 aromatic carbocycles. The predicted octanol–water partition coefficient (Wildman–Crippen LogP) is 5.08. The van der Waals surface area contributed by atoms with Gasteiger partial charge in [-0.25, -0.2) is 4.79 Å². The minimum atomic E-state index is -4.63. The second kappa shape index (κ2) is 5.42. The van der Waals surface area contributed by atoms with Crippen LogP contribution < -0.4 is 5.63 Å². The smallest absolute Gasteiger partial charge is 0.420 e. The quantitative estimate of drug-likeness (QED) is 0.518. The standard InChI is InChI=1S/C16H8F3IO2/c17-16(18,19)13-11-3-1-2-4-12(11)15(21)22-14(13)9-5-7-10(20)8-6-9/h1-8H. The van der Waals surface area contributed by atoms with Crippen LogP contribution in [0.1, 0.15) is 5.56 Å². The minimum absolute atomic E-state index is 0.0795. The highest BCUT2D eigenvalue weighted by Gasteiger charge is 2.38. The van der Waals surface area contributed by atoms with E-state index < -0.39 is 23.1 Å². The van der Waals surface area contributed by atoms with Gasteiger partial charge in [-0.3, -0.25) is 0 Å². The van der Waals surface area contributed by atoms with E-state index in [4.69, 9.17) is 4.42 Å². The number of fused-ring (bicyclic) bond motifs is 1. The molecule has 3 aromatic rings. The molecule has 0 bridgehead atoms. The van der Waals surface area contributed by atoms with Crippen LogP contribution in [0.15, 0.2) is 57.7 Å². The summed E-state index contributed by atoms with van der Waals surface area (Å²) in [6.45, 7) is 0. The van der Waals surface area contributed by atoms with Gasteiger partial charge in [-0.05, 0) is 40.8 Å². The fourth-order valence-corrected chi connectivity index (χ4v) is 2.65. The van der Waals surface area contributed by atoms with Gasteiger partial charge in [0.05, 0.1) is 5.39 Å². The lowest BCUT2D eigenvalue weighted by molar-refractivity contribution is -0.136. The Kier molecular flexibility index (Phi) is 3.72. The van der Waals surface area contributed by atoms with E-state index in [2.05, 4.69) is 0 Å². The minimum Gasteiger partial charge on any atom is -0.422 e. The van der Waals surface area contributed by atoms with E-state index >= 15 is 0 Å². The Bertz CT molecular complexity index is 896. The third-order valence-corrected chi connectivity index (χ3v) is 3.95. The molecule has 22 heavy (non-hydrogen) atoms. The fourth-order valence-electron chi connectivity index (χ4n) is 2.29. The molecule has 0 saturated heterocycles. The van der Waals surface area contributed by atoms with Crippen molar-refractivity contribution >= 4 is 33.4 Å². The Balaban J connectivity index is 2.44. The summed E-state index contributed by atoms with van der Waals surface area (Å²) < 4.78 is 46.4. The van der Waals surface area contributed by atoms with Crippen molar-refractivity contribution in [3.05, 3.63) is 68.1 Å². The molecule has 3 rings (SSSR count). The van der Waals surface area contributed by atoms with Crippen LogP contribution in [0.25, 0.3) is 22.1 Å². The largest absolute Gasteiger partial charge is 0.422 e. The third-order valence-electron chi connectivity index (χ3n) is 3.23. The van der Waals surface area contributed by atoms with Crippen molar-refractivity contribution < 1.29 is 17.6 Å². The first-order valence-electron chi connectivity index (χ1n) is 6.27. The second-order valence-electron chi connectivity index (χ2n) is 4.64. The van der Waals surface area contributed by atoms with Gasteiger partial charge >= 0.3 is 11.8 Å². The predicted molar refractivity (Wildman–Crippen MR) is 85.6 cm³/mol. The normalized spacial score (nSPS) is 11.8. The van der Waals surface area contributed by atoms with Crippen LogP contribution in [0.2, 0.25) is 0 Å². The van der Waals surface area contributed by atoms with Gasteiger partial charge in [0.1, 0.15) is 5.56 Å². The fraction of sp³-hybridized carbons (Fsp3) is 0.0625. The topological polar surface area (TPSA) is 30.2 Å². The SMILES string of the molecule is O=c1oc(-c2ccc(I)cc2)c(C(F)(F)F)c2ccccc12. The summed E-state index contributed by atoms with van der Waals surface area (Å²) in [7, 11) is 0. The maximum Gasteiger partial charge on any atom is 0.420 e. The Morgan fingerprint density at radius 1 is 0.909 bits per heavy atom. The zero-order valence-electron chi connectivity index (χ0n) is 10.9. The van der Waals surface area contributed by atoms with E-state index in [9.17, 15) is 18.0 Å². The summed E-state index contributed by atoms with van der Waals surface area (Å²) in [4.78, 5) is 12.0. The molecule has 1 aromatic heterocycles. The second-order valence-corrected chi connectivity index (χ2v) is 5.89. The van der Waals surface area contributed by atoms with Crippen LogP contribution in [-0.2, 0) is 6.18 Å². The number of rotatable bonds is 1. The molecule has 0 fully saturated rings. The van der Waals surface area contributed by atoms with Crippen LogP contribution in [-0.4, -0.2) is 0 Å². The van der Waals surface area contributed by atoms with Gasteiger partial charge < -0.3 is 4.42 Å². The van der Waals surface area contributed by atoms with E-state index in [1.807, 2.05) is 22.6 Å². The molecule has 2 nitrogen and oxygen atoms in total. The van der Waals surface area contributed by atoms with E-state index in [-0.39, 0.29) is 16.3 Å². The lowest BCUT2D eigenvalue weighted by Gasteiger charge is -2.14. The lowest BCUT2D eigenvalue weighted by Crippen LogP contribution is -2.13. The first-order chi connectivity index (χ1) is 10.4. The zero-order chi connectivity index (χ0) is 15.9. The molecule has 6 heteroatoms. The highest BCUT2D eigenvalue weighted by atomic mass is 127. The molecule has 0 aliphatic heterocycles. The molecule has 0 saturated carbocycles. The number of hydrogen-bond donors (Lipinski definition) is 0. The molecular formula is C16H8F3IO2. The van der Waals surface area contributed by atoms with Crippen LogP contribution in [0.3, 0.4) is 0 Å². The van der Waals surface area contributed by atoms with Gasteiger partial charge in [0.25, 0.3) is 0 Å². The maximum atomic E-state index is 13.5.